The normalized spacial score (nSPS) is 17.4. The van der Waals surface area contributed by atoms with E-state index in [1.165, 1.54) is 25.7 Å². The first-order valence-electron chi connectivity index (χ1n) is 7.25. The first-order valence-corrected chi connectivity index (χ1v) is 7.25. The Morgan fingerprint density at radius 2 is 2.00 bits per heavy atom. The predicted molar refractivity (Wildman–Crippen MR) is 79.0 cm³/mol. The molecule has 0 spiro atoms. The van der Waals surface area contributed by atoms with Gasteiger partial charge in [0.25, 0.3) is 0 Å². The molecule has 1 atom stereocenters. The van der Waals surface area contributed by atoms with Gasteiger partial charge in [0.2, 0.25) is 5.91 Å². The van der Waals surface area contributed by atoms with E-state index in [4.69, 9.17) is 0 Å². The van der Waals surface area contributed by atoms with Crippen LogP contribution >= 0.6 is 0 Å². The lowest BCUT2D eigenvalue weighted by Gasteiger charge is -2.21. The predicted octanol–water partition coefficient (Wildman–Crippen LogP) is 3.31. The van der Waals surface area contributed by atoms with Gasteiger partial charge in [-0.2, -0.15) is 0 Å². The standard InChI is InChI=1S/C16H24N2O/c1-12(14-7-3-4-8-14)17-11-15-9-5-6-10-16(15)18-13(2)19/h5-6,9-10,12,14,17H,3-4,7-8,11H2,1-2H3,(H,18,19)/t12-/m1/s1. The molecule has 3 heteroatoms. The summed E-state index contributed by atoms with van der Waals surface area (Å²) in [6.45, 7) is 4.64. The molecule has 2 N–H and O–H groups in total. The Hall–Kier alpha value is -1.35. The fourth-order valence-electron chi connectivity index (χ4n) is 2.88. The lowest BCUT2D eigenvalue weighted by atomic mass is 9.99. The number of carbonyl (C=O) groups is 1. The van der Waals surface area contributed by atoms with Crippen LogP contribution < -0.4 is 10.6 Å². The molecule has 19 heavy (non-hydrogen) atoms. The van der Waals surface area contributed by atoms with Gasteiger partial charge in [0.1, 0.15) is 0 Å². The van der Waals surface area contributed by atoms with E-state index in [2.05, 4.69) is 23.6 Å². The van der Waals surface area contributed by atoms with E-state index in [-0.39, 0.29) is 5.91 Å². The molecule has 0 radical (unpaired) electrons. The number of rotatable bonds is 5. The minimum atomic E-state index is -0.0173. The first kappa shape index (κ1) is 14.1. The number of benzene rings is 1. The molecule has 1 saturated carbocycles. The molecule has 0 unspecified atom stereocenters. The lowest BCUT2D eigenvalue weighted by Crippen LogP contribution is -2.32. The largest absolute Gasteiger partial charge is 0.326 e. The molecule has 1 aliphatic carbocycles. The average molecular weight is 260 g/mol. The number of anilines is 1. The summed E-state index contributed by atoms with van der Waals surface area (Å²) in [6, 6.07) is 8.55. The van der Waals surface area contributed by atoms with Gasteiger partial charge in [0, 0.05) is 25.2 Å². The summed E-state index contributed by atoms with van der Waals surface area (Å²) in [5.74, 6) is 0.796. The van der Waals surface area contributed by atoms with Crippen LogP contribution in [0, 0.1) is 5.92 Å². The van der Waals surface area contributed by atoms with Crippen LogP contribution in [0.15, 0.2) is 24.3 Å². The number of hydrogen-bond acceptors (Lipinski definition) is 2. The van der Waals surface area contributed by atoms with Crippen LogP contribution in [0.3, 0.4) is 0 Å². The van der Waals surface area contributed by atoms with E-state index in [0.717, 1.165) is 23.7 Å². The molecular formula is C16H24N2O. The van der Waals surface area contributed by atoms with Crippen LogP contribution in [0.25, 0.3) is 0 Å². The van der Waals surface area contributed by atoms with Crippen LogP contribution in [0.1, 0.15) is 45.1 Å². The second kappa shape index (κ2) is 6.71. The highest BCUT2D eigenvalue weighted by molar-refractivity contribution is 5.89. The smallest absolute Gasteiger partial charge is 0.221 e. The van der Waals surface area contributed by atoms with Gasteiger partial charge < -0.3 is 10.6 Å². The summed E-state index contributed by atoms with van der Waals surface area (Å²) < 4.78 is 0. The molecular weight excluding hydrogens is 236 g/mol. The Bertz CT molecular complexity index is 425. The molecule has 2 rings (SSSR count). The van der Waals surface area contributed by atoms with Crippen LogP contribution in [0.2, 0.25) is 0 Å². The van der Waals surface area contributed by atoms with Crippen molar-refractivity contribution < 1.29 is 4.79 Å². The molecule has 1 fully saturated rings. The summed E-state index contributed by atoms with van der Waals surface area (Å²) in [5.41, 5.74) is 2.07. The van der Waals surface area contributed by atoms with Crippen molar-refractivity contribution in [2.24, 2.45) is 5.92 Å². The maximum atomic E-state index is 11.2. The van der Waals surface area contributed by atoms with Crippen molar-refractivity contribution in [3.05, 3.63) is 29.8 Å². The van der Waals surface area contributed by atoms with Gasteiger partial charge in [-0.25, -0.2) is 0 Å². The summed E-state index contributed by atoms with van der Waals surface area (Å²) in [4.78, 5) is 11.2. The maximum absolute atomic E-state index is 11.2. The summed E-state index contributed by atoms with van der Waals surface area (Å²) in [7, 11) is 0. The number of hydrogen-bond donors (Lipinski definition) is 2. The third-order valence-electron chi connectivity index (χ3n) is 4.05. The van der Waals surface area contributed by atoms with E-state index in [9.17, 15) is 4.79 Å². The molecule has 0 bridgehead atoms. The Balaban J connectivity index is 1.92. The molecule has 3 nitrogen and oxygen atoms in total. The molecule has 0 aromatic heterocycles. The van der Waals surface area contributed by atoms with Crippen LogP contribution in [0.5, 0.6) is 0 Å². The summed E-state index contributed by atoms with van der Waals surface area (Å²) in [5, 5.41) is 6.49. The number of carbonyl (C=O) groups excluding carboxylic acids is 1. The summed E-state index contributed by atoms with van der Waals surface area (Å²) >= 11 is 0. The molecule has 1 aromatic carbocycles. The van der Waals surface area contributed by atoms with Crippen LogP contribution in [-0.4, -0.2) is 11.9 Å². The fourth-order valence-corrected chi connectivity index (χ4v) is 2.88. The summed E-state index contributed by atoms with van der Waals surface area (Å²) in [6.07, 6.45) is 5.45. The van der Waals surface area contributed by atoms with E-state index in [1.54, 1.807) is 6.92 Å². The minimum absolute atomic E-state index is 0.0173. The zero-order chi connectivity index (χ0) is 13.7. The molecule has 1 aromatic rings. The molecule has 1 amide bonds. The zero-order valence-electron chi connectivity index (χ0n) is 11.9. The van der Waals surface area contributed by atoms with Crippen molar-refractivity contribution in [2.45, 2.75) is 52.1 Å². The third kappa shape index (κ3) is 4.06. The Morgan fingerprint density at radius 3 is 2.68 bits per heavy atom. The van der Waals surface area contributed by atoms with Gasteiger partial charge in [0.15, 0.2) is 0 Å². The maximum Gasteiger partial charge on any atom is 0.221 e. The lowest BCUT2D eigenvalue weighted by molar-refractivity contribution is -0.114. The topological polar surface area (TPSA) is 41.1 Å². The average Bonchev–Trinajstić information content (AvgIpc) is 2.90. The fraction of sp³-hybridized carbons (Fsp3) is 0.562. The van der Waals surface area contributed by atoms with Crippen molar-refractivity contribution in [1.29, 1.82) is 0 Å². The second-order valence-electron chi connectivity index (χ2n) is 5.55. The van der Waals surface area contributed by atoms with Crippen molar-refractivity contribution in [3.63, 3.8) is 0 Å². The van der Waals surface area contributed by atoms with E-state index in [0.29, 0.717) is 6.04 Å². The molecule has 0 heterocycles. The van der Waals surface area contributed by atoms with Gasteiger partial charge in [0.05, 0.1) is 0 Å². The molecule has 0 saturated heterocycles. The van der Waals surface area contributed by atoms with Gasteiger partial charge in [-0.15, -0.1) is 0 Å². The molecule has 0 aliphatic heterocycles. The third-order valence-corrected chi connectivity index (χ3v) is 4.05. The van der Waals surface area contributed by atoms with E-state index in [1.807, 2.05) is 18.2 Å². The number of para-hydroxylation sites is 1. The highest BCUT2D eigenvalue weighted by Gasteiger charge is 2.21. The number of amides is 1. The second-order valence-corrected chi connectivity index (χ2v) is 5.55. The minimum Gasteiger partial charge on any atom is -0.326 e. The van der Waals surface area contributed by atoms with Crippen molar-refractivity contribution in [1.82, 2.24) is 5.32 Å². The quantitative estimate of drug-likeness (QED) is 0.852. The zero-order valence-corrected chi connectivity index (χ0v) is 11.9. The van der Waals surface area contributed by atoms with Gasteiger partial charge in [-0.1, -0.05) is 31.0 Å². The highest BCUT2D eigenvalue weighted by atomic mass is 16.1. The van der Waals surface area contributed by atoms with Gasteiger partial charge >= 0.3 is 0 Å². The van der Waals surface area contributed by atoms with Crippen molar-refractivity contribution >= 4 is 11.6 Å². The monoisotopic (exact) mass is 260 g/mol. The van der Waals surface area contributed by atoms with E-state index >= 15 is 0 Å². The van der Waals surface area contributed by atoms with Gasteiger partial charge in [-0.3, -0.25) is 4.79 Å². The highest BCUT2D eigenvalue weighted by Crippen LogP contribution is 2.27. The van der Waals surface area contributed by atoms with Crippen molar-refractivity contribution in [3.8, 4) is 0 Å². The Kier molecular flexibility index (Phi) is 4.97. The van der Waals surface area contributed by atoms with Crippen molar-refractivity contribution in [2.75, 3.05) is 5.32 Å². The SMILES string of the molecule is CC(=O)Nc1ccccc1CN[C@H](C)C1CCCC1. The number of nitrogens with one attached hydrogen (secondary N) is 2. The Morgan fingerprint density at radius 1 is 1.32 bits per heavy atom. The van der Waals surface area contributed by atoms with Gasteiger partial charge in [-0.05, 0) is 37.3 Å². The first-order chi connectivity index (χ1) is 9.16. The molecule has 1 aliphatic rings. The van der Waals surface area contributed by atoms with Crippen LogP contribution in [0.4, 0.5) is 5.69 Å². The Labute approximate surface area is 115 Å². The van der Waals surface area contributed by atoms with E-state index < -0.39 is 0 Å². The molecule has 104 valence electrons. The van der Waals surface area contributed by atoms with Crippen LogP contribution in [-0.2, 0) is 11.3 Å².